The van der Waals surface area contributed by atoms with Crippen molar-refractivity contribution < 1.29 is 14.3 Å². The number of alkyl carbamates (subject to hydrolysis) is 1. The first kappa shape index (κ1) is 21.4. The highest BCUT2D eigenvalue weighted by molar-refractivity contribution is 6.32. The molecule has 0 saturated carbocycles. The number of carbonyl (C=O) groups excluding carboxylic acids is 1. The molecular weight excluding hydrogens is 400 g/mol. The monoisotopic (exact) mass is 422 g/mol. The van der Waals surface area contributed by atoms with E-state index in [-0.39, 0.29) is 12.0 Å². The van der Waals surface area contributed by atoms with Gasteiger partial charge in [-0.25, -0.2) is 4.79 Å². The molecular formula is C24H23ClN2O3. The van der Waals surface area contributed by atoms with Crippen molar-refractivity contribution in [2.24, 2.45) is 0 Å². The average Bonchev–Trinajstić information content (AvgIpc) is 2.74. The molecule has 3 aromatic rings. The number of carbonyl (C=O) groups is 1. The van der Waals surface area contributed by atoms with E-state index in [0.717, 1.165) is 16.7 Å². The molecule has 0 aromatic heterocycles. The van der Waals surface area contributed by atoms with E-state index in [4.69, 9.17) is 26.5 Å². The normalized spacial score (nSPS) is 10.5. The van der Waals surface area contributed by atoms with Gasteiger partial charge in [-0.1, -0.05) is 66.2 Å². The molecule has 0 aliphatic heterocycles. The smallest absolute Gasteiger partial charge is 0.414 e. The third-order valence-electron chi connectivity index (χ3n) is 4.25. The molecule has 30 heavy (non-hydrogen) atoms. The largest absolute Gasteiger partial charge is 0.489 e. The fourth-order valence-electron chi connectivity index (χ4n) is 2.80. The lowest BCUT2D eigenvalue weighted by atomic mass is 10.0. The fourth-order valence-corrected chi connectivity index (χ4v) is 3.02. The summed E-state index contributed by atoms with van der Waals surface area (Å²) in [5.41, 5.74) is 3.55. The molecule has 2 N–H and O–H groups in total. The van der Waals surface area contributed by atoms with E-state index in [1.807, 2.05) is 68.4 Å². The van der Waals surface area contributed by atoms with E-state index in [9.17, 15) is 4.79 Å². The molecule has 0 fully saturated rings. The Hall–Kier alpha value is -3.31. The van der Waals surface area contributed by atoms with E-state index < -0.39 is 6.09 Å². The minimum Gasteiger partial charge on any atom is -0.489 e. The quantitative estimate of drug-likeness (QED) is 0.375. The van der Waals surface area contributed by atoms with Crippen LogP contribution in [0.15, 0.2) is 72.8 Å². The molecule has 0 spiro atoms. The summed E-state index contributed by atoms with van der Waals surface area (Å²) < 4.78 is 10.6. The zero-order valence-electron chi connectivity index (χ0n) is 16.8. The van der Waals surface area contributed by atoms with Crippen LogP contribution < -0.4 is 10.1 Å². The predicted molar refractivity (Wildman–Crippen MR) is 119 cm³/mol. The maximum Gasteiger partial charge on any atom is 0.414 e. The number of rotatable bonds is 6. The molecule has 5 nitrogen and oxygen atoms in total. The Morgan fingerprint density at radius 2 is 1.67 bits per heavy atom. The summed E-state index contributed by atoms with van der Waals surface area (Å²) in [5, 5.41) is 11.0. The van der Waals surface area contributed by atoms with Gasteiger partial charge in [-0.3, -0.25) is 5.41 Å². The molecule has 0 saturated heterocycles. The minimum atomic E-state index is -0.703. The molecule has 154 valence electrons. The predicted octanol–water partition coefficient (Wildman–Crippen LogP) is 6.05. The SMILES string of the molecule is CC(C)Oc1ccc(C(=N)OC(=O)NCc2ccc(-c3ccccc3)cc2)cc1Cl. The van der Waals surface area contributed by atoms with Gasteiger partial charge in [0.2, 0.25) is 5.90 Å². The second-order valence-electron chi connectivity index (χ2n) is 6.95. The lowest BCUT2D eigenvalue weighted by Gasteiger charge is -2.13. The van der Waals surface area contributed by atoms with Crippen molar-refractivity contribution in [2.45, 2.75) is 26.5 Å². The average molecular weight is 423 g/mol. The number of benzene rings is 3. The van der Waals surface area contributed by atoms with Crippen LogP contribution in [0.5, 0.6) is 5.75 Å². The summed E-state index contributed by atoms with van der Waals surface area (Å²) in [4.78, 5) is 12.1. The Morgan fingerprint density at radius 1 is 1.00 bits per heavy atom. The number of hydrogen-bond acceptors (Lipinski definition) is 4. The summed E-state index contributed by atoms with van der Waals surface area (Å²) >= 11 is 6.17. The van der Waals surface area contributed by atoms with Crippen LogP contribution in [0.4, 0.5) is 4.79 Å². The highest BCUT2D eigenvalue weighted by atomic mass is 35.5. The van der Waals surface area contributed by atoms with Crippen molar-refractivity contribution in [3.05, 3.63) is 88.9 Å². The second-order valence-corrected chi connectivity index (χ2v) is 7.35. The first-order chi connectivity index (χ1) is 14.4. The lowest BCUT2D eigenvalue weighted by molar-refractivity contribution is 0.196. The summed E-state index contributed by atoms with van der Waals surface area (Å²) in [6, 6.07) is 22.8. The van der Waals surface area contributed by atoms with Crippen molar-refractivity contribution in [2.75, 3.05) is 0 Å². The van der Waals surface area contributed by atoms with Crippen LogP contribution in [-0.2, 0) is 11.3 Å². The van der Waals surface area contributed by atoms with Gasteiger partial charge in [0.05, 0.1) is 11.1 Å². The third kappa shape index (κ3) is 5.84. The standard InChI is InChI=1S/C24H23ClN2O3/c1-16(2)29-22-13-12-20(14-21(22)25)23(26)30-24(28)27-15-17-8-10-19(11-9-17)18-6-4-3-5-7-18/h3-14,16,26H,15H2,1-2H3,(H,27,28). The van der Waals surface area contributed by atoms with Gasteiger partial charge in [0, 0.05) is 12.1 Å². The van der Waals surface area contributed by atoms with E-state index in [1.165, 1.54) is 6.07 Å². The number of amides is 1. The fraction of sp³-hybridized carbons (Fsp3) is 0.167. The zero-order valence-corrected chi connectivity index (χ0v) is 17.6. The van der Waals surface area contributed by atoms with Crippen LogP contribution in [0, 0.1) is 5.41 Å². The molecule has 1 amide bonds. The number of hydrogen-bond donors (Lipinski definition) is 2. The van der Waals surface area contributed by atoms with Crippen LogP contribution in [0.25, 0.3) is 11.1 Å². The molecule has 3 rings (SSSR count). The van der Waals surface area contributed by atoms with Gasteiger partial charge in [0.15, 0.2) is 0 Å². The van der Waals surface area contributed by atoms with Gasteiger partial charge < -0.3 is 14.8 Å². The lowest BCUT2D eigenvalue weighted by Crippen LogP contribution is -2.26. The summed E-state index contributed by atoms with van der Waals surface area (Å²) in [5.74, 6) is 0.233. The van der Waals surface area contributed by atoms with Gasteiger partial charge >= 0.3 is 6.09 Å². The molecule has 0 unspecified atom stereocenters. The first-order valence-corrected chi connectivity index (χ1v) is 9.95. The molecule has 6 heteroatoms. The van der Waals surface area contributed by atoms with Gasteiger partial charge in [-0.2, -0.15) is 0 Å². The van der Waals surface area contributed by atoms with E-state index in [0.29, 0.717) is 22.9 Å². The van der Waals surface area contributed by atoms with E-state index in [1.54, 1.807) is 12.1 Å². The minimum absolute atomic E-state index is 0.0170. The Kier molecular flexibility index (Phi) is 7.09. The van der Waals surface area contributed by atoms with Crippen molar-refractivity contribution in [1.82, 2.24) is 5.32 Å². The van der Waals surface area contributed by atoms with Crippen LogP contribution in [-0.4, -0.2) is 18.1 Å². The molecule has 0 heterocycles. The molecule has 0 bridgehead atoms. The van der Waals surface area contributed by atoms with Crippen molar-refractivity contribution in [1.29, 1.82) is 5.41 Å². The Labute approximate surface area is 181 Å². The molecule has 0 atom stereocenters. The summed E-state index contributed by atoms with van der Waals surface area (Å²) in [7, 11) is 0. The van der Waals surface area contributed by atoms with Crippen LogP contribution in [0.3, 0.4) is 0 Å². The molecule has 3 aromatic carbocycles. The van der Waals surface area contributed by atoms with Gasteiger partial charge in [0.25, 0.3) is 0 Å². The van der Waals surface area contributed by atoms with Crippen LogP contribution in [0.1, 0.15) is 25.0 Å². The molecule has 0 radical (unpaired) electrons. The number of ether oxygens (including phenoxy) is 2. The Morgan fingerprint density at radius 3 is 2.30 bits per heavy atom. The maximum atomic E-state index is 12.1. The third-order valence-corrected chi connectivity index (χ3v) is 4.54. The molecule has 0 aliphatic rings. The van der Waals surface area contributed by atoms with Gasteiger partial charge in [-0.15, -0.1) is 0 Å². The van der Waals surface area contributed by atoms with Gasteiger partial charge in [-0.05, 0) is 48.7 Å². The first-order valence-electron chi connectivity index (χ1n) is 9.57. The zero-order chi connectivity index (χ0) is 21.5. The van der Waals surface area contributed by atoms with Crippen molar-refractivity contribution in [3.63, 3.8) is 0 Å². The number of nitrogens with one attached hydrogen (secondary N) is 2. The van der Waals surface area contributed by atoms with Crippen LogP contribution >= 0.6 is 11.6 Å². The number of halogens is 1. The summed E-state index contributed by atoms with van der Waals surface area (Å²) in [6.07, 6.45) is -0.720. The highest BCUT2D eigenvalue weighted by Crippen LogP contribution is 2.26. The van der Waals surface area contributed by atoms with E-state index >= 15 is 0 Å². The second kappa shape index (κ2) is 9.94. The molecule has 0 aliphatic carbocycles. The van der Waals surface area contributed by atoms with Crippen LogP contribution in [0.2, 0.25) is 5.02 Å². The van der Waals surface area contributed by atoms with Gasteiger partial charge in [0.1, 0.15) is 5.75 Å². The van der Waals surface area contributed by atoms with Crippen molar-refractivity contribution in [3.8, 4) is 16.9 Å². The summed E-state index contributed by atoms with van der Waals surface area (Å²) in [6.45, 7) is 4.09. The van der Waals surface area contributed by atoms with Crippen molar-refractivity contribution >= 4 is 23.6 Å². The Bertz CT molecular complexity index is 1020. The topological polar surface area (TPSA) is 71.4 Å². The maximum absolute atomic E-state index is 12.1. The van der Waals surface area contributed by atoms with E-state index in [2.05, 4.69) is 5.32 Å². The highest BCUT2D eigenvalue weighted by Gasteiger charge is 2.12. The Balaban J connectivity index is 1.53.